The van der Waals surface area contributed by atoms with E-state index in [-0.39, 0.29) is 0 Å². The van der Waals surface area contributed by atoms with Gasteiger partial charge in [-0.25, -0.2) is 4.79 Å². The molecular weight excluding hydrogens is 280 g/mol. The Kier molecular flexibility index (Phi) is 4.42. The van der Waals surface area contributed by atoms with Crippen LogP contribution in [-0.4, -0.2) is 20.9 Å². The summed E-state index contributed by atoms with van der Waals surface area (Å²) in [6.45, 7) is 0.351. The van der Waals surface area contributed by atoms with Gasteiger partial charge in [0, 0.05) is 35.5 Å². The van der Waals surface area contributed by atoms with Gasteiger partial charge in [-0.3, -0.25) is 4.68 Å². The first-order valence-electron chi connectivity index (χ1n) is 5.85. The van der Waals surface area contributed by atoms with Crippen molar-refractivity contribution in [2.45, 2.75) is 6.61 Å². The van der Waals surface area contributed by atoms with Gasteiger partial charge in [0.25, 0.3) is 0 Å². The van der Waals surface area contributed by atoms with Crippen molar-refractivity contribution in [3.63, 3.8) is 0 Å². The van der Waals surface area contributed by atoms with E-state index in [0.717, 1.165) is 11.6 Å². The van der Waals surface area contributed by atoms with Crippen LogP contribution in [0.4, 0.5) is 0 Å². The molecule has 0 unspecified atom stereocenters. The maximum absolute atomic E-state index is 10.6. The Morgan fingerprint density at radius 1 is 1.55 bits per heavy atom. The summed E-state index contributed by atoms with van der Waals surface area (Å²) in [6.07, 6.45) is 6.06. The Bertz CT molecular complexity index is 650. The van der Waals surface area contributed by atoms with E-state index in [9.17, 15) is 4.79 Å². The first kappa shape index (κ1) is 14.1. The third-order valence-electron chi connectivity index (χ3n) is 2.53. The first-order chi connectivity index (χ1) is 9.54. The summed E-state index contributed by atoms with van der Waals surface area (Å²) >= 11 is 5.90. The van der Waals surface area contributed by atoms with Crippen LogP contribution in [0.5, 0.6) is 5.75 Å². The van der Waals surface area contributed by atoms with Crippen molar-refractivity contribution < 1.29 is 14.6 Å². The minimum atomic E-state index is -1.02. The van der Waals surface area contributed by atoms with E-state index in [2.05, 4.69) is 5.10 Å². The molecule has 1 N–H and O–H groups in total. The Morgan fingerprint density at radius 3 is 3.00 bits per heavy atom. The van der Waals surface area contributed by atoms with E-state index < -0.39 is 5.97 Å². The second-order valence-corrected chi connectivity index (χ2v) is 4.60. The van der Waals surface area contributed by atoms with Crippen molar-refractivity contribution in [1.82, 2.24) is 9.78 Å². The monoisotopic (exact) mass is 292 g/mol. The number of aryl methyl sites for hydroxylation is 1. The van der Waals surface area contributed by atoms with Gasteiger partial charge >= 0.3 is 5.97 Å². The van der Waals surface area contributed by atoms with Gasteiger partial charge in [0.2, 0.25) is 0 Å². The number of hydrogen-bond donors (Lipinski definition) is 1. The van der Waals surface area contributed by atoms with E-state index >= 15 is 0 Å². The van der Waals surface area contributed by atoms with Crippen molar-refractivity contribution in [1.29, 1.82) is 0 Å². The lowest BCUT2D eigenvalue weighted by Crippen LogP contribution is -1.96. The molecule has 0 spiro atoms. The molecule has 6 heteroatoms. The van der Waals surface area contributed by atoms with Gasteiger partial charge in [0.1, 0.15) is 12.4 Å². The third-order valence-corrected chi connectivity index (χ3v) is 2.77. The molecule has 0 aliphatic carbocycles. The summed E-state index contributed by atoms with van der Waals surface area (Å²) in [5.41, 5.74) is 1.54. The van der Waals surface area contributed by atoms with Crippen LogP contribution in [0.15, 0.2) is 36.7 Å². The van der Waals surface area contributed by atoms with Crippen LogP contribution < -0.4 is 4.74 Å². The number of nitrogens with zero attached hydrogens (tertiary/aromatic N) is 2. The molecule has 0 bridgehead atoms. The van der Waals surface area contributed by atoms with Crippen LogP contribution in [0.1, 0.15) is 11.1 Å². The van der Waals surface area contributed by atoms with Gasteiger partial charge in [0.05, 0.1) is 6.20 Å². The normalized spacial score (nSPS) is 10.9. The van der Waals surface area contributed by atoms with E-state index in [1.165, 1.54) is 6.08 Å². The zero-order valence-corrected chi connectivity index (χ0v) is 11.5. The maximum Gasteiger partial charge on any atom is 0.328 e. The third kappa shape index (κ3) is 3.86. The molecule has 1 aromatic carbocycles. The number of aromatic nitrogens is 2. The second kappa shape index (κ2) is 6.25. The van der Waals surface area contributed by atoms with Crippen molar-refractivity contribution in [2.75, 3.05) is 0 Å². The number of rotatable bonds is 5. The minimum Gasteiger partial charge on any atom is -0.488 e. The Morgan fingerprint density at radius 2 is 2.35 bits per heavy atom. The highest BCUT2D eigenvalue weighted by Gasteiger charge is 2.04. The number of benzene rings is 1. The SMILES string of the molecule is Cn1cc(COc2ccc(Cl)cc2/C=C/C(=O)O)cn1. The molecule has 20 heavy (non-hydrogen) atoms. The number of hydrogen-bond acceptors (Lipinski definition) is 3. The number of aliphatic carboxylic acids is 1. The van der Waals surface area contributed by atoms with Crippen molar-refractivity contribution in [3.8, 4) is 5.75 Å². The molecule has 0 radical (unpaired) electrons. The lowest BCUT2D eigenvalue weighted by atomic mass is 10.2. The highest BCUT2D eigenvalue weighted by molar-refractivity contribution is 6.30. The van der Waals surface area contributed by atoms with Crippen LogP contribution >= 0.6 is 11.6 Å². The van der Waals surface area contributed by atoms with Crippen molar-refractivity contribution >= 4 is 23.6 Å². The van der Waals surface area contributed by atoms with Gasteiger partial charge in [-0.15, -0.1) is 0 Å². The van der Waals surface area contributed by atoms with Gasteiger partial charge in [-0.1, -0.05) is 11.6 Å². The molecule has 1 aromatic heterocycles. The lowest BCUT2D eigenvalue weighted by Gasteiger charge is -2.08. The fraction of sp³-hybridized carbons (Fsp3) is 0.143. The van der Waals surface area contributed by atoms with Crippen LogP contribution in [0.25, 0.3) is 6.08 Å². The number of halogens is 1. The molecule has 2 aromatic rings. The summed E-state index contributed by atoms with van der Waals surface area (Å²) in [4.78, 5) is 10.6. The summed E-state index contributed by atoms with van der Waals surface area (Å²) in [5, 5.41) is 13.2. The van der Waals surface area contributed by atoms with Gasteiger partial charge < -0.3 is 9.84 Å². The van der Waals surface area contributed by atoms with Crippen LogP contribution in [-0.2, 0) is 18.4 Å². The summed E-state index contributed by atoms with van der Waals surface area (Å²) < 4.78 is 7.35. The zero-order valence-electron chi connectivity index (χ0n) is 10.8. The highest BCUT2D eigenvalue weighted by atomic mass is 35.5. The number of carboxylic acid groups (broad SMARTS) is 1. The fourth-order valence-corrected chi connectivity index (χ4v) is 1.83. The predicted molar refractivity (Wildman–Crippen MR) is 75.7 cm³/mol. The summed E-state index contributed by atoms with van der Waals surface area (Å²) in [6, 6.07) is 5.05. The lowest BCUT2D eigenvalue weighted by molar-refractivity contribution is -0.131. The highest BCUT2D eigenvalue weighted by Crippen LogP contribution is 2.25. The average molecular weight is 293 g/mol. The molecule has 0 amide bonds. The Labute approximate surface area is 121 Å². The van der Waals surface area contributed by atoms with Crippen LogP contribution in [0, 0.1) is 0 Å². The first-order valence-corrected chi connectivity index (χ1v) is 6.23. The molecule has 0 atom stereocenters. The largest absolute Gasteiger partial charge is 0.488 e. The van der Waals surface area contributed by atoms with E-state index in [4.69, 9.17) is 21.4 Å². The minimum absolute atomic E-state index is 0.351. The molecule has 0 saturated carbocycles. The second-order valence-electron chi connectivity index (χ2n) is 4.16. The molecule has 1 heterocycles. The summed E-state index contributed by atoms with van der Waals surface area (Å²) in [7, 11) is 1.83. The molecular formula is C14H13ClN2O3. The maximum atomic E-state index is 10.6. The van der Waals surface area contributed by atoms with E-state index in [1.54, 1.807) is 29.1 Å². The molecule has 0 aliphatic heterocycles. The quantitative estimate of drug-likeness (QED) is 0.861. The molecule has 0 aliphatic rings. The number of carbonyl (C=O) groups is 1. The number of ether oxygens (including phenoxy) is 1. The van der Waals surface area contributed by atoms with Gasteiger partial charge in [-0.05, 0) is 24.3 Å². The topological polar surface area (TPSA) is 64.3 Å². The average Bonchev–Trinajstić information content (AvgIpc) is 2.81. The van der Waals surface area contributed by atoms with Crippen molar-refractivity contribution in [2.24, 2.45) is 7.05 Å². The van der Waals surface area contributed by atoms with Crippen LogP contribution in [0.2, 0.25) is 5.02 Å². The molecule has 0 saturated heterocycles. The zero-order chi connectivity index (χ0) is 14.5. The summed E-state index contributed by atoms with van der Waals surface area (Å²) in [5.74, 6) is -0.459. The fourth-order valence-electron chi connectivity index (χ4n) is 1.65. The molecule has 2 rings (SSSR count). The van der Waals surface area contributed by atoms with E-state index in [0.29, 0.717) is 22.9 Å². The Balaban J connectivity index is 2.15. The number of carboxylic acids is 1. The predicted octanol–water partition coefficient (Wildman–Crippen LogP) is 2.75. The van der Waals surface area contributed by atoms with Gasteiger partial charge in [0.15, 0.2) is 0 Å². The molecule has 0 fully saturated rings. The van der Waals surface area contributed by atoms with Crippen LogP contribution in [0.3, 0.4) is 0 Å². The molecule has 5 nitrogen and oxygen atoms in total. The Hall–Kier alpha value is -2.27. The molecule has 104 valence electrons. The smallest absolute Gasteiger partial charge is 0.328 e. The standard InChI is InChI=1S/C14H13ClN2O3/c1-17-8-10(7-16-17)9-20-13-4-3-12(15)6-11(13)2-5-14(18)19/h2-8H,9H2,1H3,(H,18,19)/b5-2+. The van der Waals surface area contributed by atoms with E-state index in [1.807, 2.05) is 13.2 Å². The van der Waals surface area contributed by atoms with Gasteiger partial charge in [-0.2, -0.15) is 5.10 Å². The van der Waals surface area contributed by atoms with Crippen molar-refractivity contribution in [3.05, 3.63) is 52.8 Å².